The summed E-state index contributed by atoms with van der Waals surface area (Å²) in [5.41, 5.74) is 7.03. The third-order valence-corrected chi connectivity index (χ3v) is 3.57. The quantitative estimate of drug-likeness (QED) is 0.890. The van der Waals surface area contributed by atoms with E-state index in [1.165, 1.54) is 12.1 Å². The zero-order chi connectivity index (χ0) is 15.4. The van der Waals surface area contributed by atoms with Crippen molar-refractivity contribution in [2.45, 2.75) is 19.0 Å². The van der Waals surface area contributed by atoms with Gasteiger partial charge in [-0.15, -0.1) is 0 Å². The van der Waals surface area contributed by atoms with Gasteiger partial charge in [0.05, 0.1) is 5.02 Å². The van der Waals surface area contributed by atoms with Crippen molar-refractivity contribution < 1.29 is 9.18 Å². The van der Waals surface area contributed by atoms with E-state index >= 15 is 0 Å². The highest BCUT2D eigenvalue weighted by Gasteiger charge is 2.20. The summed E-state index contributed by atoms with van der Waals surface area (Å²) in [7, 11) is 0. The number of carbonyl (C=O) groups is 1. The molecule has 0 aliphatic carbocycles. The largest absolute Gasteiger partial charge is 0.368 e. The molecule has 2 aromatic carbocycles. The first-order valence-electron chi connectivity index (χ1n) is 6.54. The molecule has 0 fully saturated rings. The Morgan fingerprint density at radius 1 is 1.19 bits per heavy atom. The molecule has 3 nitrogen and oxygen atoms in total. The molecule has 0 saturated heterocycles. The van der Waals surface area contributed by atoms with Gasteiger partial charge in [-0.05, 0) is 30.2 Å². The topological polar surface area (TPSA) is 55.1 Å². The SMILES string of the molecule is C[C@@H](N[C@@H](C(N)=O)c1ccccc1)c1ccc(F)c(Cl)c1. The first-order chi connectivity index (χ1) is 9.99. The van der Waals surface area contributed by atoms with Gasteiger partial charge in [0, 0.05) is 6.04 Å². The Morgan fingerprint density at radius 2 is 1.86 bits per heavy atom. The highest BCUT2D eigenvalue weighted by atomic mass is 35.5. The van der Waals surface area contributed by atoms with Crippen LogP contribution >= 0.6 is 11.6 Å². The molecule has 0 radical (unpaired) electrons. The maximum Gasteiger partial charge on any atom is 0.239 e. The number of primary amides is 1. The third-order valence-electron chi connectivity index (χ3n) is 3.28. The molecule has 21 heavy (non-hydrogen) atoms. The molecule has 0 aromatic heterocycles. The summed E-state index contributed by atoms with van der Waals surface area (Å²) < 4.78 is 13.2. The predicted octanol–water partition coefficient (Wildman–Crippen LogP) is 3.36. The Hall–Kier alpha value is -1.91. The number of rotatable bonds is 5. The molecule has 2 rings (SSSR count). The van der Waals surface area contributed by atoms with Crippen molar-refractivity contribution in [3.05, 3.63) is 70.5 Å². The standard InChI is InChI=1S/C16H16ClFN2O/c1-10(12-7-8-14(18)13(17)9-12)20-15(16(19)21)11-5-3-2-4-6-11/h2-10,15,20H,1H3,(H2,19,21)/t10-,15-/m1/s1. The zero-order valence-electron chi connectivity index (χ0n) is 11.5. The van der Waals surface area contributed by atoms with Gasteiger partial charge in [0.25, 0.3) is 0 Å². The Bertz CT molecular complexity index is 633. The number of benzene rings is 2. The minimum absolute atomic E-state index is 0.0523. The summed E-state index contributed by atoms with van der Waals surface area (Å²) in [4.78, 5) is 11.7. The molecule has 2 atom stereocenters. The van der Waals surface area contributed by atoms with E-state index in [1.54, 1.807) is 6.07 Å². The molecule has 0 aliphatic heterocycles. The van der Waals surface area contributed by atoms with Crippen LogP contribution in [0, 0.1) is 5.82 Å². The van der Waals surface area contributed by atoms with E-state index in [0.717, 1.165) is 11.1 Å². The van der Waals surface area contributed by atoms with Gasteiger partial charge in [0.1, 0.15) is 11.9 Å². The second-order valence-corrected chi connectivity index (χ2v) is 5.22. The lowest BCUT2D eigenvalue weighted by Crippen LogP contribution is -2.35. The Labute approximate surface area is 127 Å². The fraction of sp³-hybridized carbons (Fsp3) is 0.188. The monoisotopic (exact) mass is 306 g/mol. The summed E-state index contributed by atoms with van der Waals surface area (Å²) >= 11 is 5.78. The molecule has 2 aromatic rings. The number of hydrogen-bond donors (Lipinski definition) is 2. The van der Waals surface area contributed by atoms with Crippen molar-refractivity contribution in [3.63, 3.8) is 0 Å². The van der Waals surface area contributed by atoms with Gasteiger partial charge in [0.2, 0.25) is 5.91 Å². The highest BCUT2D eigenvalue weighted by molar-refractivity contribution is 6.30. The van der Waals surface area contributed by atoms with Crippen LogP contribution in [0.2, 0.25) is 5.02 Å². The van der Waals surface area contributed by atoms with Gasteiger partial charge in [0.15, 0.2) is 0 Å². The van der Waals surface area contributed by atoms with E-state index in [0.29, 0.717) is 0 Å². The minimum Gasteiger partial charge on any atom is -0.368 e. The number of carbonyl (C=O) groups excluding carboxylic acids is 1. The van der Waals surface area contributed by atoms with E-state index in [2.05, 4.69) is 5.32 Å². The lowest BCUT2D eigenvalue weighted by atomic mass is 10.0. The van der Waals surface area contributed by atoms with Crippen molar-refractivity contribution in [3.8, 4) is 0 Å². The van der Waals surface area contributed by atoms with Crippen LogP contribution < -0.4 is 11.1 Å². The normalized spacial score (nSPS) is 13.7. The second kappa shape index (κ2) is 6.70. The fourth-order valence-electron chi connectivity index (χ4n) is 2.12. The van der Waals surface area contributed by atoms with Crippen LogP contribution in [0.4, 0.5) is 4.39 Å². The summed E-state index contributed by atoms with van der Waals surface area (Å²) in [5, 5.41) is 3.19. The van der Waals surface area contributed by atoms with E-state index in [9.17, 15) is 9.18 Å². The smallest absolute Gasteiger partial charge is 0.239 e. The van der Waals surface area contributed by atoms with E-state index in [4.69, 9.17) is 17.3 Å². The predicted molar refractivity (Wildman–Crippen MR) is 81.3 cm³/mol. The highest BCUT2D eigenvalue weighted by Crippen LogP contribution is 2.23. The molecule has 1 amide bonds. The molecule has 0 saturated carbocycles. The summed E-state index contributed by atoms with van der Waals surface area (Å²) in [6.45, 7) is 1.86. The molecule has 3 N–H and O–H groups in total. The van der Waals surface area contributed by atoms with Crippen molar-refractivity contribution in [1.29, 1.82) is 0 Å². The van der Waals surface area contributed by atoms with Gasteiger partial charge in [-0.25, -0.2) is 4.39 Å². The third kappa shape index (κ3) is 3.80. The fourth-order valence-corrected chi connectivity index (χ4v) is 2.31. The number of nitrogens with one attached hydrogen (secondary N) is 1. The summed E-state index contributed by atoms with van der Waals surface area (Å²) in [6, 6.07) is 12.8. The van der Waals surface area contributed by atoms with Gasteiger partial charge in [-0.2, -0.15) is 0 Å². The average molecular weight is 307 g/mol. The maximum atomic E-state index is 13.2. The first-order valence-corrected chi connectivity index (χ1v) is 6.92. The van der Waals surface area contributed by atoms with Gasteiger partial charge >= 0.3 is 0 Å². The Balaban J connectivity index is 2.20. The first kappa shape index (κ1) is 15.5. The lowest BCUT2D eigenvalue weighted by Gasteiger charge is -2.22. The van der Waals surface area contributed by atoms with E-state index < -0.39 is 17.8 Å². The van der Waals surface area contributed by atoms with Crippen LogP contribution in [0.15, 0.2) is 48.5 Å². The number of nitrogens with two attached hydrogens (primary N) is 1. The molecule has 0 aliphatic rings. The average Bonchev–Trinajstić information content (AvgIpc) is 2.48. The molecule has 5 heteroatoms. The lowest BCUT2D eigenvalue weighted by molar-refractivity contribution is -0.120. The maximum absolute atomic E-state index is 13.2. The van der Waals surface area contributed by atoms with Crippen LogP contribution in [-0.2, 0) is 4.79 Å². The minimum atomic E-state index is -0.620. The van der Waals surface area contributed by atoms with Crippen molar-refractivity contribution >= 4 is 17.5 Å². The molecule has 110 valence electrons. The number of hydrogen-bond acceptors (Lipinski definition) is 2. The van der Waals surface area contributed by atoms with Gasteiger partial charge in [-0.3, -0.25) is 10.1 Å². The Kier molecular flexibility index (Phi) is 4.94. The molecular formula is C16H16ClFN2O. The van der Waals surface area contributed by atoms with Gasteiger partial charge < -0.3 is 5.73 Å². The molecule has 0 bridgehead atoms. The molecule has 0 unspecified atom stereocenters. The van der Waals surface area contributed by atoms with Crippen LogP contribution in [0.5, 0.6) is 0 Å². The van der Waals surface area contributed by atoms with E-state index in [-0.39, 0.29) is 11.1 Å². The van der Waals surface area contributed by atoms with Crippen LogP contribution in [0.25, 0.3) is 0 Å². The van der Waals surface area contributed by atoms with Crippen molar-refractivity contribution in [1.82, 2.24) is 5.32 Å². The number of amides is 1. The molecule has 0 spiro atoms. The van der Waals surface area contributed by atoms with Crippen LogP contribution in [-0.4, -0.2) is 5.91 Å². The van der Waals surface area contributed by atoms with Crippen LogP contribution in [0.3, 0.4) is 0 Å². The van der Waals surface area contributed by atoms with Crippen LogP contribution in [0.1, 0.15) is 30.1 Å². The van der Waals surface area contributed by atoms with E-state index in [1.807, 2.05) is 37.3 Å². The molecule has 0 heterocycles. The summed E-state index contributed by atoms with van der Waals surface area (Å²) in [5.74, 6) is -0.941. The number of halogens is 2. The van der Waals surface area contributed by atoms with Gasteiger partial charge in [-0.1, -0.05) is 48.0 Å². The van der Waals surface area contributed by atoms with Crippen molar-refractivity contribution in [2.24, 2.45) is 5.73 Å². The summed E-state index contributed by atoms with van der Waals surface area (Å²) in [6.07, 6.45) is 0. The Morgan fingerprint density at radius 3 is 2.43 bits per heavy atom. The zero-order valence-corrected chi connectivity index (χ0v) is 12.3. The van der Waals surface area contributed by atoms with Crippen molar-refractivity contribution in [2.75, 3.05) is 0 Å². The molecular weight excluding hydrogens is 291 g/mol. The second-order valence-electron chi connectivity index (χ2n) is 4.81.